The van der Waals surface area contributed by atoms with Crippen LogP contribution in [-0.4, -0.2) is 11.9 Å². The van der Waals surface area contributed by atoms with E-state index >= 15 is 0 Å². The van der Waals surface area contributed by atoms with Crippen LogP contribution < -0.4 is 5.32 Å². The van der Waals surface area contributed by atoms with Crippen molar-refractivity contribution in [2.24, 2.45) is 0 Å². The van der Waals surface area contributed by atoms with E-state index in [1.54, 1.807) is 11.3 Å². The lowest BCUT2D eigenvalue weighted by Crippen LogP contribution is -2.22. The van der Waals surface area contributed by atoms with Crippen LogP contribution in [0.15, 0.2) is 17.5 Å². The van der Waals surface area contributed by atoms with Crippen molar-refractivity contribution in [3.8, 4) is 0 Å². The van der Waals surface area contributed by atoms with Gasteiger partial charge < -0.3 is 5.32 Å². The molecule has 1 aromatic rings. The van der Waals surface area contributed by atoms with E-state index < -0.39 is 0 Å². The summed E-state index contributed by atoms with van der Waals surface area (Å²) in [5.41, 5.74) is 0. The Morgan fingerprint density at radius 2 is 2.46 bits per heavy atom. The summed E-state index contributed by atoms with van der Waals surface area (Å²) >= 11 is 7.84. The maximum atomic E-state index is 6.06. The standard InChI is InChI=1S/C10H16ClNS/c1-2-4-9(11)7-12-8-10-5-3-6-13-10/h3,5-6,9,12H,2,4,7-8H2,1H3. The van der Waals surface area contributed by atoms with Gasteiger partial charge in [0.15, 0.2) is 0 Å². The van der Waals surface area contributed by atoms with Crippen LogP contribution in [0.2, 0.25) is 0 Å². The van der Waals surface area contributed by atoms with E-state index in [-0.39, 0.29) is 5.38 Å². The molecular formula is C10H16ClNS. The molecule has 0 aliphatic rings. The zero-order valence-corrected chi connectivity index (χ0v) is 9.50. The lowest BCUT2D eigenvalue weighted by atomic mass is 10.2. The molecular weight excluding hydrogens is 202 g/mol. The van der Waals surface area contributed by atoms with Crippen LogP contribution in [0.3, 0.4) is 0 Å². The highest BCUT2D eigenvalue weighted by Gasteiger charge is 2.01. The van der Waals surface area contributed by atoms with Crippen molar-refractivity contribution in [1.82, 2.24) is 5.32 Å². The molecule has 0 amide bonds. The first kappa shape index (κ1) is 11.0. The third kappa shape index (κ3) is 4.65. The minimum Gasteiger partial charge on any atom is -0.310 e. The van der Waals surface area contributed by atoms with Crippen molar-refractivity contribution < 1.29 is 0 Å². The highest BCUT2D eigenvalue weighted by atomic mass is 35.5. The summed E-state index contributed by atoms with van der Waals surface area (Å²) in [4.78, 5) is 1.38. The van der Waals surface area contributed by atoms with Crippen LogP contribution >= 0.6 is 22.9 Å². The van der Waals surface area contributed by atoms with Crippen LogP contribution in [0, 0.1) is 0 Å². The normalized spacial score (nSPS) is 13.1. The largest absolute Gasteiger partial charge is 0.310 e. The van der Waals surface area contributed by atoms with Crippen LogP contribution in [0.1, 0.15) is 24.6 Å². The SMILES string of the molecule is CCCC(Cl)CNCc1cccs1. The topological polar surface area (TPSA) is 12.0 Å². The average Bonchev–Trinajstić information content (AvgIpc) is 2.57. The molecule has 74 valence electrons. The molecule has 0 aliphatic carbocycles. The zero-order chi connectivity index (χ0) is 9.52. The molecule has 0 spiro atoms. The van der Waals surface area contributed by atoms with E-state index in [1.165, 1.54) is 4.88 Å². The smallest absolute Gasteiger partial charge is 0.0460 e. The summed E-state index contributed by atoms with van der Waals surface area (Å²) in [7, 11) is 0. The van der Waals surface area contributed by atoms with Gasteiger partial charge in [-0.25, -0.2) is 0 Å². The molecule has 1 nitrogen and oxygen atoms in total. The van der Waals surface area contributed by atoms with E-state index in [4.69, 9.17) is 11.6 Å². The fourth-order valence-electron chi connectivity index (χ4n) is 1.18. The van der Waals surface area contributed by atoms with Gasteiger partial charge in [-0.2, -0.15) is 0 Å². The monoisotopic (exact) mass is 217 g/mol. The number of nitrogens with one attached hydrogen (secondary N) is 1. The number of alkyl halides is 1. The molecule has 1 heterocycles. The minimum atomic E-state index is 0.282. The van der Waals surface area contributed by atoms with Crippen LogP contribution in [-0.2, 0) is 6.54 Å². The third-order valence-electron chi connectivity index (χ3n) is 1.85. The predicted octanol–water partition coefficient (Wildman–Crippen LogP) is 3.25. The first-order chi connectivity index (χ1) is 6.33. The highest BCUT2D eigenvalue weighted by molar-refractivity contribution is 7.09. The molecule has 13 heavy (non-hydrogen) atoms. The molecule has 1 N–H and O–H groups in total. The Balaban J connectivity index is 2.07. The lowest BCUT2D eigenvalue weighted by Gasteiger charge is -2.08. The lowest BCUT2D eigenvalue weighted by molar-refractivity contribution is 0.627. The fraction of sp³-hybridized carbons (Fsp3) is 0.600. The van der Waals surface area contributed by atoms with Gasteiger partial charge in [0.1, 0.15) is 0 Å². The summed E-state index contributed by atoms with van der Waals surface area (Å²) in [6.45, 7) is 4.02. The van der Waals surface area contributed by atoms with Gasteiger partial charge in [0, 0.05) is 23.3 Å². The second-order valence-electron chi connectivity index (χ2n) is 3.10. The number of thiophene rings is 1. The van der Waals surface area contributed by atoms with Gasteiger partial charge in [-0.3, -0.25) is 0 Å². The number of hydrogen-bond acceptors (Lipinski definition) is 2. The molecule has 3 heteroatoms. The first-order valence-corrected chi connectivity index (χ1v) is 6.01. The van der Waals surface area contributed by atoms with Crippen LogP contribution in [0.4, 0.5) is 0 Å². The summed E-state index contributed by atoms with van der Waals surface area (Å²) in [5, 5.41) is 5.73. The molecule has 0 bridgehead atoms. The summed E-state index contributed by atoms with van der Waals surface area (Å²) in [6, 6.07) is 4.21. The van der Waals surface area contributed by atoms with Gasteiger partial charge in [0.25, 0.3) is 0 Å². The molecule has 0 saturated carbocycles. The van der Waals surface area contributed by atoms with Crippen molar-refractivity contribution in [2.75, 3.05) is 6.54 Å². The quantitative estimate of drug-likeness (QED) is 0.722. The van der Waals surface area contributed by atoms with Crippen molar-refractivity contribution in [3.05, 3.63) is 22.4 Å². The van der Waals surface area contributed by atoms with Gasteiger partial charge in [-0.1, -0.05) is 19.4 Å². The summed E-state index contributed by atoms with van der Waals surface area (Å²) < 4.78 is 0. The summed E-state index contributed by atoms with van der Waals surface area (Å²) in [5.74, 6) is 0. The Morgan fingerprint density at radius 3 is 3.08 bits per heavy atom. The average molecular weight is 218 g/mol. The molecule has 0 saturated heterocycles. The number of halogens is 1. The Hall–Kier alpha value is -0.0500. The number of hydrogen-bond donors (Lipinski definition) is 1. The van der Waals surface area contributed by atoms with Crippen molar-refractivity contribution in [3.63, 3.8) is 0 Å². The molecule has 1 aromatic heterocycles. The fourth-order valence-corrected chi connectivity index (χ4v) is 2.18. The third-order valence-corrected chi connectivity index (χ3v) is 3.10. The van der Waals surface area contributed by atoms with Crippen LogP contribution in [0.5, 0.6) is 0 Å². The van der Waals surface area contributed by atoms with Gasteiger partial charge in [0.2, 0.25) is 0 Å². The minimum absolute atomic E-state index is 0.282. The molecule has 1 atom stereocenters. The second kappa shape index (κ2) is 6.41. The zero-order valence-electron chi connectivity index (χ0n) is 7.92. The molecule has 0 aromatic carbocycles. The van der Waals surface area contributed by atoms with Crippen molar-refractivity contribution >= 4 is 22.9 Å². The molecule has 1 unspecified atom stereocenters. The van der Waals surface area contributed by atoms with Crippen LogP contribution in [0.25, 0.3) is 0 Å². The molecule has 0 radical (unpaired) electrons. The predicted molar refractivity (Wildman–Crippen MR) is 60.6 cm³/mol. The molecule has 0 aliphatic heterocycles. The Kier molecular flexibility index (Phi) is 5.44. The van der Waals surface area contributed by atoms with E-state index in [0.717, 1.165) is 25.9 Å². The molecule has 0 fully saturated rings. The van der Waals surface area contributed by atoms with E-state index in [9.17, 15) is 0 Å². The maximum absolute atomic E-state index is 6.06. The Bertz CT molecular complexity index is 211. The maximum Gasteiger partial charge on any atom is 0.0460 e. The van der Waals surface area contributed by atoms with Gasteiger partial charge in [-0.05, 0) is 17.9 Å². The Morgan fingerprint density at radius 1 is 1.62 bits per heavy atom. The van der Waals surface area contributed by atoms with E-state index in [1.807, 2.05) is 0 Å². The number of rotatable bonds is 6. The van der Waals surface area contributed by atoms with Gasteiger partial charge >= 0.3 is 0 Å². The van der Waals surface area contributed by atoms with Gasteiger partial charge in [-0.15, -0.1) is 22.9 Å². The van der Waals surface area contributed by atoms with E-state index in [2.05, 4.69) is 29.8 Å². The van der Waals surface area contributed by atoms with Crippen molar-refractivity contribution in [1.29, 1.82) is 0 Å². The highest BCUT2D eigenvalue weighted by Crippen LogP contribution is 2.08. The first-order valence-electron chi connectivity index (χ1n) is 4.70. The van der Waals surface area contributed by atoms with Crippen molar-refractivity contribution in [2.45, 2.75) is 31.7 Å². The van der Waals surface area contributed by atoms with Gasteiger partial charge in [0.05, 0.1) is 0 Å². The summed E-state index contributed by atoms with van der Waals surface area (Å²) in [6.07, 6.45) is 2.26. The molecule has 1 rings (SSSR count). The van der Waals surface area contributed by atoms with E-state index in [0.29, 0.717) is 0 Å². The second-order valence-corrected chi connectivity index (χ2v) is 4.75. The Labute approximate surface area is 89.1 Å².